The molecule has 0 saturated heterocycles. The molecule has 0 aliphatic carbocycles. The molecule has 0 amide bonds. The zero-order valence-electron chi connectivity index (χ0n) is 12.4. The number of fused-ring (bicyclic) bond motifs is 1. The van der Waals surface area contributed by atoms with Gasteiger partial charge in [0.05, 0.1) is 6.10 Å². The lowest BCUT2D eigenvalue weighted by Crippen LogP contribution is -2.36. The molecule has 0 saturated carbocycles. The molecule has 116 valence electrons. The van der Waals surface area contributed by atoms with E-state index in [2.05, 4.69) is 11.4 Å². The first-order chi connectivity index (χ1) is 10.5. The summed E-state index contributed by atoms with van der Waals surface area (Å²) >= 11 is 6.07. The molecule has 1 heterocycles. The monoisotopic (exact) mass is 319 g/mol. The summed E-state index contributed by atoms with van der Waals surface area (Å²) in [5.74, 6) is -0.250. The van der Waals surface area contributed by atoms with E-state index in [1.54, 1.807) is 12.1 Å². The van der Waals surface area contributed by atoms with Crippen LogP contribution < -0.4 is 5.32 Å². The van der Waals surface area contributed by atoms with Crippen molar-refractivity contribution in [2.24, 2.45) is 0 Å². The van der Waals surface area contributed by atoms with Gasteiger partial charge in [0.25, 0.3) is 0 Å². The molecular weight excluding hydrogens is 301 g/mol. The average molecular weight is 320 g/mol. The zero-order chi connectivity index (χ0) is 15.7. The van der Waals surface area contributed by atoms with Crippen molar-refractivity contribution in [3.8, 4) is 0 Å². The van der Waals surface area contributed by atoms with Crippen LogP contribution in [0, 0.1) is 5.82 Å². The Labute approximate surface area is 134 Å². The van der Waals surface area contributed by atoms with Crippen molar-refractivity contribution in [1.29, 1.82) is 0 Å². The van der Waals surface area contributed by atoms with Gasteiger partial charge < -0.3 is 10.4 Å². The fraction of sp³-hybridized carbons (Fsp3) is 0.333. The van der Waals surface area contributed by atoms with Crippen LogP contribution in [0.1, 0.15) is 23.6 Å². The number of aliphatic hydroxyl groups is 1. The molecule has 2 aromatic carbocycles. The number of aryl methyl sites for hydroxylation is 1. The minimum Gasteiger partial charge on any atom is -0.391 e. The summed E-state index contributed by atoms with van der Waals surface area (Å²) in [6.45, 7) is 1.97. The summed E-state index contributed by atoms with van der Waals surface area (Å²) in [5.41, 5.74) is 3.89. The predicted octanol–water partition coefficient (Wildman–Crippen LogP) is 3.98. The summed E-state index contributed by atoms with van der Waals surface area (Å²) in [5, 5.41) is 13.7. The van der Waals surface area contributed by atoms with E-state index >= 15 is 0 Å². The van der Waals surface area contributed by atoms with Crippen molar-refractivity contribution in [3.63, 3.8) is 0 Å². The largest absolute Gasteiger partial charge is 0.391 e. The Morgan fingerprint density at radius 2 is 2.09 bits per heavy atom. The molecule has 1 aliphatic rings. The topological polar surface area (TPSA) is 32.3 Å². The van der Waals surface area contributed by atoms with Gasteiger partial charge in [-0.3, -0.25) is 0 Å². The van der Waals surface area contributed by atoms with E-state index in [1.807, 2.05) is 19.1 Å². The van der Waals surface area contributed by atoms with Gasteiger partial charge >= 0.3 is 0 Å². The number of benzene rings is 2. The normalized spacial score (nSPS) is 20.4. The van der Waals surface area contributed by atoms with Gasteiger partial charge in [0, 0.05) is 28.7 Å². The second-order valence-corrected chi connectivity index (χ2v) is 6.30. The summed E-state index contributed by atoms with van der Waals surface area (Å²) in [6.07, 6.45) is 1.62. The van der Waals surface area contributed by atoms with E-state index in [1.165, 1.54) is 6.07 Å². The van der Waals surface area contributed by atoms with Crippen LogP contribution in [-0.2, 0) is 19.3 Å². The van der Waals surface area contributed by atoms with Crippen LogP contribution in [0.4, 0.5) is 10.1 Å². The Balaban J connectivity index is 1.76. The lowest BCUT2D eigenvalue weighted by molar-refractivity contribution is 0.154. The van der Waals surface area contributed by atoms with E-state index in [0.29, 0.717) is 23.4 Å². The van der Waals surface area contributed by atoms with Gasteiger partial charge in [0.2, 0.25) is 0 Å². The Hall–Kier alpha value is -1.58. The van der Waals surface area contributed by atoms with Crippen LogP contribution >= 0.6 is 11.6 Å². The smallest absolute Gasteiger partial charge is 0.127 e. The van der Waals surface area contributed by atoms with Crippen molar-refractivity contribution < 1.29 is 9.50 Å². The summed E-state index contributed by atoms with van der Waals surface area (Å²) < 4.78 is 13.8. The van der Waals surface area contributed by atoms with Gasteiger partial charge in [-0.2, -0.15) is 0 Å². The highest BCUT2D eigenvalue weighted by atomic mass is 35.5. The van der Waals surface area contributed by atoms with E-state index in [0.717, 1.165) is 23.2 Å². The lowest BCUT2D eigenvalue weighted by Gasteiger charge is -2.29. The van der Waals surface area contributed by atoms with Crippen LogP contribution in [0.15, 0.2) is 36.4 Å². The summed E-state index contributed by atoms with van der Waals surface area (Å²) in [7, 11) is 0. The number of halogens is 2. The Morgan fingerprint density at radius 1 is 1.27 bits per heavy atom. The summed E-state index contributed by atoms with van der Waals surface area (Å²) in [6, 6.07) is 11.0. The van der Waals surface area contributed by atoms with Crippen molar-refractivity contribution >= 4 is 17.3 Å². The first-order valence-corrected chi connectivity index (χ1v) is 7.91. The highest BCUT2D eigenvalue weighted by molar-refractivity contribution is 6.31. The molecule has 22 heavy (non-hydrogen) atoms. The van der Waals surface area contributed by atoms with Crippen molar-refractivity contribution in [2.45, 2.75) is 38.3 Å². The van der Waals surface area contributed by atoms with E-state index < -0.39 is 0 Å². The Bertz CT molecular complexity index is 669. The highest BCUT2D eigenvalue weighted by Gasteiger charge is 2.22. The lowest BCUT2D eigenvalue weighted by atomic mass is 9.94. The molecule has 1 aliphatic heterocycles. The molecule has 3 rings (SSSR count). The van der Waals surface area contributed by atoms with E-state index in [9.17, 15) is 9.50 Å². The van der Waals surface area contributed by atoms with Gasteiger partial charge in [-0.1, -0.05) is 29.8 Å². The van der Waals surface area contributed by atoms with Gasteiger partial charge in [0.1, 0.15) is 5.82 Å². The second-order valence-electron chi connectivity index (χ2n) is 5.90. The van der Waals surface area contributed by atoms with Gasteiger partial charge in [0.15, 0.2) is 0 Å². The second kappa shape index (κ2) is 6.27. The molecule has 0 spiro atoms. The fourth-order valence-corrected chi connectivity index (χ4v) is 3.13. The van der Waals surface area contributed by atoms with Gasteiger partial charge in [-0.05, 0) is 49.1 Å². The molecule has 2 aromatic rings. The molecule has 2 N–H and O–H groups in total. The van der Waals surface area contributed by atoms with Crippen molar-refractivity contribution in [1.82, 2.24) is 0 Å². The number of hydrogen-bond acceptors (Lipinski definition) is 2. The molecule has 0 radical (unpaired) electrons. The molecule has 0 aromatic heterocycles. The van der Waals surface area contributed by atoms with Crippen molar-refractivity contribution in [2.75, 3.05) is 5.32 Å². The maximum absolute atomic E-state index is 13.8. The van der Waals surface area contributed by atoms with Gasteiger partial charge in [-0.25, -0.2) is 4.39 Å². The molecule has 0 bridgehead atoms. The predicted molar refractivity (Wildman–Crippen MR) is 88.1 cm³/mol. The third-order valence-electron chi connectivity index (χ3n) is 4.29. The molecule has 2 nitrogen and oxygen atoms in total. The Kier molecular flexibility index (Phi) is 4.37. The number of hydrogen-bond donors (Lipinski definition) is 2. The van der Waals surface area contributed by atoms with Crippen LogP contribution in [0.25, 0.3) is 0 Å². The van der Waals surface area contributed by atoms with Crippen LogP contribution in [0.2, 0.25) is 5.02 Å². The standard InChI is InChI=1S/C18H19ClFNO/c1-11-18(22)10-13-7-5-12(9-17(13)21-11)6-8-14-15(19)3-2-4-16(14)20/h2-5,7,9,11,18,21-22H,6,8,10H2,1H3/t11-,18+/m1/s1. The van der Waals surface area contributed by atoms with E-state index in [4.69, 9.17) is 11.6 Å². The SMILES string of the molecule is C[C@H]1Nc2cc(CCc3c(F)cccc3Cl)ccc2C[C@@H]1O. The minimum absolute atomic E-state index is 0.0452. The number of aliphatic hydroxyl groups excluding tert-OH is 1. The molecule has 2 atom stereocenters. The molecule has 4 heteroatoms. The van der Waals surface area contributed by atoms with Gasteiger partial charge in [-0.15, -0.1) is 0 Å². The van der Waals surface area contributed by atoms with E-state index in [-0.39, 0.29) is 18.0 Å². The maximum Gasteiger partial charge on any atom is 0.127 e. The first-order valence-electron chi connectivity index (χ1n) is 7.54. The third-order valence-corrected chi connectivity index (χ3v) is 4.64. The minimum atomic E-state index is -0.351. The number of rotatable bonds is 3. The number of anilines is 1. The third kappa shape index (κ3) is 3.11. The van der Waals surface area contributed by atoms with Crippen LogP contribution in [0.5, 0.6) is 0 Å². The van der Waals surface area contributed by atoms with Crippen LogP contribution in [-0.4, -0.2) is 17.3 Å². The fourth-order valence-electron chi connectivity index (χ4n) is 2.88. The first kappa shape index (κ1) is 15.3. The number of nitrogens with one attached hydrogen (secondary N) is 1. The zero-order valence-corrected chi connectivity index (χ0v) is 13.2. The summed E-state index contributed by atoms with van der Waals surface area (Å²) in [4.78, 5) is 0. The average Bonchev–Trinajstić information content (AvgIpc) is 2.48. The molecule has 0 unspecified atom stereocenters. The Morgan fingerprint density at radius 3 is 2.86 bits per heavy atom. The van der Waals surface area contributed by atoms with Crippen LogP contribution in [0.3, 0.4) is 0 Å². The molecular formula is C18H19ClFNO. The van der Waals surface area contributed by atoms with Crippen molar-refractivity contribution in [3.05, 3.63) is 63.9 Å². The molecule has 0 fully saturated rings. The quantitative estimate of drug-likeness (QED) is 0.897. The highest BCUT2D eigenvalue weighted by Crippen LogP contribution is 2.27. The maximum atomic E-state index is 13.8.